The summed E-state index contributed by atoms with van der Waals surface area (Å²) < 4.78 is 5.19. The van der Waals surface area contributed by atoms with Gasteiger partial charge in [0.1, 0.15) is 5.60 Å². The molecule has 3 amide bonds. The standard InChI is InChI=1S/C18H26N4O6/c1-6-19-14(21-15(23)28-18(3,4)5)20-13-8-7-11(2)12(9-13)10-22(16(24)25)17(26)27/h7-9H,6,10H2,1-5H3,(H,24,25)(H,26,27)(H2,19,20,21,23). The molecule has 0 aliphatic carbocycles. The van der Waals surface area contributed by atoms with E-state index in [2.05, 4.69) is 15.6 Å². The molecule has 1 aromatic rings. The van der Waals surface area contributed by atoms with Crippen molar-refractivity contribution in [3.63, 3.8) is 0 Å². The zero-order valence-electron chi connectivity index (χ0n) is 16.6. The third-order valence-electron chi connectivity index (χ3n) is 3.34. The summed E-state index contributed by atoms with van der Waals surface area (Å²) in [7, 11) is 0. The van der Waals surface area contributed by atoms with Crippen molar-refractivity contribution in [2.75, 3.05) is 11.9 Å². The number of hydrogen-bond donors (Lipinski definition) is 4. The quantitative estimate of drug-likeness (QED) is 0.453. The number of carbonyl (C=O) groups is 3. The Morgan fingerprint density at radius 1 is 1.18 bits per heavy atom. The second kappa shape index (κ2) is 9.58. The Kier molecular flexibility index (Phi) is 7.78. The lowest BCUT2D eigenvalue weighted by atomic mass is 10.1. The van der Waals surface area contributed by atoms with Crippen LogP contribution in [0.5, 0.6) is 0 Å². The Morgan fingerprint density at radius 3 is 2.29 bits per heavy atom. The molecule has 0 saturated heterocycles. The molecule has 0 fully saturated rings. The van der Waals surface area contributed by atoms with Crippen LogP contribution in [0.1, 0.15) is 38.8 Å². The normalized spacial score (nSPS) is 11.5. The first-order chi connectivity index (χ1) is 12.9. The molecular formula is C18H26N4O6. The molecule has 0 heterocycles. The number of carbonyl (C=O) groups excluding carboxylic acids is 1. The van der Waals surface area contributed by atoms with Gasteiger partial charge in [-0.25, -0.2) is 19.3 Å². The fourth-order valence-corrected chi connectivity index (χ4v) is 2.11. The van der Waals surface area contributed by atoms with Crippen LogP contribution in [0.15, 0.2) is 23.2 Å². The molecule has 154 valence electrons. The number of amides is 3. The Morgan fingerprint density at radius 2 is 1.79 bits per heavy atom. The molecule has 0 aromatic heterocycles. The van der Waals surface area contributed by atoms with Crippen LogP contribution in [-0.4, -0.2) is 51.5 Å². The smallest absolute Gasteiger partial charge is 0.417 e. The molecule has 0 saturated carbocycles. The molecule has 10 nitrogen and oxygen atoms in total. The fraction of sp³-hybridized carbons (Fsp3) is 0.444. The van der Waals surface area contributed by atoms with Crippen LogP contribution < -0.4 is 10.6 Å². The number of guanidine groups is 1. The summed E-state index contributed by atoms with van der Waals surface area (Å²) in [6.07, 6.45) is -3.81. The molecule has 28 heavy (non-hydrogen) atoms. The number of ether oxygens (including phenoxy) is 1. The SMILES string of the molecule is CCN=C(NC(=O)OC(C)(C)C)Nc1ccc(C)c(CN(C(=O)O)C(=O)O)c1. The Balaban J connectivity index is 3.00. The van der Waals surface area contributed by atoms with E-state index in [0.717, 1.165) is 0 Å². The molecule has 1 aromatic carbocycles. The van der Waals surface area contributed by atoms with Crippen LogP contribution in [0.3, 0.4) is 0 Å². The van der Waals surface area contributed by atoms with Crippen LogP contribution in [0.2, 0.25) is 0 Å². The third-order valence-corrected chi connectivity index (χ3v) is 3.34. The lowest BCUT2D eigenvalue weighted by Crippen LogP contribution is -2.40. The molecule has 0 bridgehead atoms. The third kappa shape index (κ3) is 7.52. The first-order valence-corrected chi connectivity index (χ1v) is 8.57. The van der Waals surface area contributed by atoms with Crippen molar-refractivity contribution in [2.24, 2.45) is 4.99 Å². The molecule has 0 aliphatic heterocycles. The number of anilines is 1. The molecule has 0 aliphatic rings. The van der Waals surface area contributed by atoms with E-state index in [9.17, 15) is 14.4 Å². The predicted molar refractivity (Wildman–Crippen MR) is 104 cm³/mol. The van der Waals surface area contributed by atoms with Crippen molar-refractivity contribution in [3.05, 3.63) is 29.3 Å². The number of carboxylic acid groups (broad SMARTS) is 2. The maximum absolute atomic E-state index is 12.0. The maximum Gasteiger partial charge on any atom is 0.417 e. The number of nitrogens with zero attached hydrogens (tertiary/aromatic N) is 2. The number of nitrogens with one attached hydrogen (secondary N) is 2. The van der Waals surface area contributed by atoms with E-state index in [1.807, 2.05) is 0 Å². The van der Waals surface area contributed by atoms with E-state index in [4.69, 9.17) is 14.9 Å². The number of rotatable bonds is 4. The highest BCUT2D eigenvalue weighted by atomic mass is 16.6. The highest BCUT2D eigenvalue weighted by Gasteiger charge is 2.21. The van der Waals surface area contributed by atoms with Crippen LogP contribution in [0.4, 0.5) is 20.1 Å². The van der Waals surface area contributed by atoms with E-state index in [1.165, 1.54) is 0 Å². The number of aryl methyl sites for hydroxylation is 1. The van der Waals surface area contributed by atoms with E-state index in [-0.39, 0.29) is 17.4 Å². The van der Waals surface area contributed by atoms with Gasteiger partial charge in [-0.15, -0.1) is 0 Å². The Bertz CT molecular complexity index is 756. The highest BCUT2D eigenvalue weighted by molar-refractivity contribution is 6.02. The van der Waals surface area contributed by atoms with Crippen molar-refractivity contribution in [3.8, 4) is 0 Å². The van der Waals surface area contributed by atoms with Crippen molar-refractivity contribution < 1.29 is 29.3 Å². The molecule has 4 N–H and O–H groups in total. The summed E-state index contributed by atoms with van der Waals surface area (Å²) in [4.78, 5) is 38.6. The lowest BCUT2D eigenvalue weighted by molar-refractivity contribution is 0.0562. The molecule has 0 spiro atoms. The number of aliphatic imine (C=N–C) groups is 1. The Labute approximate surface area is 163 Å². The number of imide groups is 1. The number of hydrogen-bond acceptors (Lipinski definition) is 5. The van der Waals surface area contributed by atoms with Crippen LogP contribution in [0.25, 0.3) is 0 Å². The van der Waals surface area contributed by atoms with Gasteiger partial charge in [-0.3, -0.25) is 10.3 Å². The first-order valence-electron chi connectivity index (χ1n) is 8.57. The minimum Gasteiger partial charge on any atom is -0.465 e. The van der Waals surface area contributed by atoms with Crippen molar-refractivity contribution in [1.29, 1.82) is 0 Å². The molecular weight excluding hydrogens is 368 g/mol. The van der Waals surface area contributed by atoms with E-state index >= 15 is 0 Å². The lowest BCUT2D eigenvalue weighted by Gasteiger charge is -2.21. The average molecular weight is 394 g/mol. The van der Waals surface area contributed by atoms with Crippen molar-refractivity contribution in [1.82, 2.24) is 10.2 Å². The Hall–Kier alpha value is -3.30. The first kappa shape index (κ1) is 22.7. The van der Waals surface area contributed by atoms with Crippen molar-refractivity contribution >= 4 is 29.9 Å². The second-order valence-electron chi connectivity index (χ2n) is 6.87. The number of benzene rings is 1. The minimum absolute atomic E-state index is 0.153. The van der Waals surface area contributed by atoms with Crippen LogP contribution >= 0.6 is 0 Å². The highest BCUT2D eigenvalue weighted by Crippen LogP contribution is 2.18. The fourth-order valence-electron chi connectivity index (χ4n) is 2.11. The van der Waals surface area contributed by atoms with Gasteiger partial charge in [0.05, 0.1) is 6.54 Å². The van der Waals surface area contributed by atoms with E-state index < -0.39 is 23.9 Å². The molecule has 1 rings (SSSR count). The largest absolute Gasteiger partial charge is 0.465 e. The summed E-state index contributed by atoms with van der Waals surface area (Å²) in [6.45, 7) is 8.80. The van der Waals surface area contributed by atoms with Gasteiger partial charge in [0.15, 0.2) is 0 Å². The van der Waals surface area contributed by atoms with Crippen LogP contribution in [0, 0.1) is 6.92 Å². The predicted octanol–water partition coefficient (Wildman–Crippen LogP) is 3.47. The van der Waals surface area contributed by atoms with Gasteiger partial charge in [0, 0.05) is 12.2 Å². The molecule has 0 unspecified atom stereocenters. The van der Waals surface area contributed by atoms with Gasteiger partial charge in [-0.2, -0.15) is 0 Å². The van der Waals surface area contributed by atoms with Crippen LogP contribution in [-0.2, 0) is 11.3 Å². The van der Waals surface area contributed by atoms with E-state index in [1.54, 1.807) is 52.8 Å². The summed E-state index contributed by atoms with van der Waals surface area (Å²) >= 11 is 0. The zero-order chi connectivity index (χ0) is 21.5. The average Bonchev–Trinajstić information content (AvgIpc) is 2.52. The number of alkyl carbamates (subject to hydrolysis) is 1. The van der Waals surface area contributed by atoms with Gasteiger partial charge < -0.3 is 20.3 Å². The second-order valence-corrected chi connectivity index (χ2v) is 6.87. The summed E-state index contributed by atoms with van der Waals surface area (Å²) in [5.41, 5.74) is 1.03. The van der Waals surface area contributed by atoms with E-state index in [0.29, 0.717) is 23.4 Å². The van der Waals surface area contributed by atoms with Crippen molar-refractivity contribution in [2.45, 2.75) is 46.8 Å². The van der Waals surface area contributed by atoms with Gasteiger partial charge in [0.2, 0.25) is 5.96 Å². The zero-order valence-corrected chi connectivity index (χ0v) is 16.6. The maximum atomic E-state index is 12.0. The van der Waals surface area contributed by atoms with Gasteiger partial charge >= 0.3 is 18.3 Å². The summed E-state index contributed by atoms with van der Waals surface area (Å²) in [5.74, 6) is 0.153. The minimum atomic E-state index is -1.56. The topological polar surface area (TPSA) is 141 Å². The van der Waals surface area contributed by atoms with Gasteiger partial charge in [0.25, 0.3) is 0 Å². The van der Waals surface area contributed by atoms with Gasteiger partial charge in [-0.1, -0.05) is 6.07 Å². The molecule has 0 radical (unpaired) electrons. The monoisotopic (exact) mass is 394 g/mol. The summed E-state index contributed by atoms with van der Waals surface area (Å²) in [5, 5.41) is 23.5. The van der Waals surface area contributed by atoms with Gasteiger partial charge in [-0.05, 0) is 57.9 Å². The molecule has 10 heteroatoms. The summed E-state index contributed by atoms with van der Waals surface area (Å²) in [6, 6.07) is 5.00. The molecule has 0 atom stereocenters.